The van der Waals surface area contributed by atoms with E-state index in [4.69, 9.17) is 9.47 Å². The first-order chi connectivity index (χ1) is 10.3. The average molecular weight is 309 g/mol. The summed E-state index contributed by atoms with van der Waals surface area (Å²) in [6, 6.07) is 3.97. The second-order valence-corrected chi connectivity index (χ2v) is 6.08. The fourth-order valence-corrected chi connectivity index (χ4v) is 1.78. The summed E-state index contributed by atoms with van der Waals surface area (Å²) in [5.41, 5.74) is 0.588. The third-order valence-corrected chi connectivity index (χ3v) is 2.99. The number of nitrogens with zero attached hydrogens (tertiary/aromatic N) is 1. The van der Waals surface area contributed by atoms with E-state index >= 15 is 0 Å². The predicted molar refractivity (Wildman–Crippen MR) is 85.9 cm³/mol. The number of rotatable bonds is 7. The maximum Gasteiger partial charge on any atom is 0.407 e. The molecule has 22 heavy (non-hydrogen) atoms. The fraction of sp³-hybridized carbons (Fsp3) is 0.625. The van der Waals surface area contributed by atoms with Crippen molar-refractivity contribution in [3.05, 3.63) is 23.9 Å². The minimum atomic E-state index is -0.478. The Bertz CT molecular complexity index is 455. The van der Waals surface area contributed by atoms with Gasteiger partial charge < -0.3 is 20.1 Å². The third-order valence-electron chi connectivity index (χ3n) is 2.99. The molecular weight excluding hydrogens is 282 g/mol. The smallest absolute Gasteiger partial charge is 0.407 e. The van der Waals surface area contributed by atoms with Crippen LogP contribution in [0, 0.1) is 0 Å². The molecule has 1 amide bonds. The maximum atomic E-state index is 11.6. The van der Waals surface area contributed by atoms with Crippen LogP contribution in [0.5, 0.6) is 5.88 Å². The van der Waals surface area contributed by atoms with Gasteiger partial charge in [-0.3, -0.25) is 0 Å². The molecule has 0 spiro atoms. The highest BCUT2D eigenvalue weighted by Crippen LogP contribution is 2.08. The zero-order chi connectivity index (χ0) is 16.6. The summed E-state index contributed by atoms with van der Waals surface area (Å²) in [4.78, 5) is 15.8. The van der Waals surface area contributed by atoms with Crippen molar-refractivity contribution in [2.75, 3.05) is 13.7 Å². The van der Waals surface area contributed by atoms with Gasteiger partial charge in [-0.1, -0.05) is 13.0 Å². The van der Waals surface area contributed by atoms with Crippen LogP contribution in [0.1, 0.15) is 39.7 Å². The molecule has 0 aromatic carbocycles. The number of hydrogen-bond acceptors (Lipinski definition) is 5. The quantitative estimate of drug-likeness (QED) is 0.809. The van der Waals surface area contributed by atoms with Crippen LogP contribution < -0.4 is 15.4 Å². The van der Waals surface area contributed by atoms with Gasteiger partial charge in [-0.25, -0.2) is 9.78 Å². The van der Waals surface area contributed by atoms with Crippen LogP contribution in [0.4, 0.5) is 4.79 Å². The standard InChI is InChI=1S/C16H27N3O3/c1-6-13(11-19-15(20)22-16(2,3)4)17-9-12-7-8-14(21-5)18-10-12/h7-8,10,13,17H,6,9,11H2,1-5H3,(H,19,20). The van der Waals surface area contributed by atoms with Crippen molar-refractivity contribution in [2.24, 2.45) is 0 Å². The fourth-order valence-electron chi connectivity index (χ4n) is 1.78. The van der Waals surface area contributed by atoms with E-state index in [2.05, 4.69) is 22.5 Å². The first-order valence-electron chi connectivity index (χ1n) is 7.53. The SMILES string of the molecule is CCC(CNC(=O)OC(C)(C)C)NCc1ccc(OC)nc1. The van der Waals surface area contributed by atoms with Gasteiger partial charge in [0.05, 0.1) is 7.11 Å². The average Bonchev–Trinajstić information content (AvgIpc) is 2.46. The van der Waals surface area contributed by atoms with E-state index in [1.54, 1.807) is 13.3 Å². The summed E-state index contributed by atoms with van der Waals surface area (Å²) in [7, 11) is 1.59. The Morgan fingerprint density at radius 1 is 1.36 bits per heavy atom. The molecule has 1 aromatic heterocycles. The molecule has 1 unspecified atom stereocenters. The third kappa shape index (κ3) is 7.26. The van der Waals surface area contributed by atoms with Crippen molar-refractivity contribution in [1.82, 2.24) is 15.6 Å². The summed E-state index contributed by atoms with van der Waals surface area (Å²) in [6.45, 7) is 8.82. The monoisotopic (exact) mass is 309 g/mol. The molecule has 1 aromatic rings. The highest BCUT2D eigenvalue weighted by molar-refractivity contribution is 5.67. The molecule has 6 heteroatoms. The van der Waals surface area contributed by atoms with E-state index in [9.17, 15) is 4.79 Å². The molecule has 0 saturated carbocycles. The van der Waals surface area contributed by atoms with Gasteiger partial charge in [-0.2, -0.15) is 0 Å². The number of amides is 1. The largest absolute Gasteiger partial charge is 0.481 e. The molecule has 2 N–H and O–H groups in total. The van der Waals surface area contributed by atoms with Gasteiger partial charge in [-0.15, -0.1) is 0 Å². The molecule has 0 aliphatic rings. The van der Waals surface area contributed by atoms with Gasteiger partial charge in [0.2, 0.25) is 5.88 Å². The highest BCUT2D eigenvalue weighted by atomic mass is 16.6. The lowest BCUT2D eigenvalue weighted by Gasteiger charge is -2.22. The summed E-state index contributed by atoms with van der Waals surface area (Å²) < 4.78 is 10.2. The van der Waals surface area contributed by atoms with Crippen LogP contribution in [-0.2, 0) is 11.3 Å². The molecule has 0 aliphatic carbocycles. The molecule has 1 heterocycles. The Morgan fingerprint density at radius 3 is 2.59 bits per heavy atom. The summed E-state index contributed by atoms with van der Waals surface area (Å²) in [5.74, 6) is 0.599. The summed E-state index contributed by atoms with van der Waals surface area (Å²) in [6.07, 6.45) is 2.29. The normalized spacial score (nSPS) is 12.6. The Kier molecular flexibility index (Phi) is 7.11. The number of pyridine rings is 1. The number of carbonyl (C=O) groups is 1. The molecule has 0 aliphatic heterocycles. The summed E-state index contributed by atoms with van der Waals surface area (Å²) >= 11 is 0. The van der Waals surface area contributed by atoms with Crippen molar-refractivity contribution in [1.29, 1.82) is 0 Å². The minimum Gasteiger partial charge on any atom is -0.481 e. The number of alkyl carbamates (subject to hydrolysis) is 1. The van der Waals surface area contributed by atoms with E-state index < -0.39 is 5.60 Å². The van der Waals surface area contributed by atoms with Gasteiger partial charge in [0.1, 0.15) is 5.60 Å². The van der Waals surface area contributed by atoms with Crippen molar-refractivity contribution in [2.45, 2.75) is 52.3 Å². The van der Waals surface area contributed by atoms with Crippen LogP contribution in [0.25, 0.3) is 0 Å². The van der Waals surface area contributed by atoms with Crippen LogP contribution in [0.3, 0.4) is 0 Å². The topological polar surface area (TPSA) is 72.5 Å². The van der Waals surface area contributed by atoms with E-state index in [0.29, 0.717) is 19.0 Å². The lowest BCUT2D eigenvalue weighted by atomic mass is 10.2. The van der Waals surface area contributed by atoms with Crippen LogP contribution in [0.15, 0.2) is 18.3 Å². The van der Waals surface area contributed by atoms with Gasteiger partial charge >= 0.3 is 6.09 Å². The first kappa shape index (κ1) is 18.2. The van der Waals surface area contributed by atoms with Gasteiger partial charge in [-0.05, 0) is 32.8 Å². The lowest BCUT2D eigenvalue weighted by molar-refractivity contribution is 0.0522. The molecule has 0 fully saturated rings. The number of hydrogen-bond donors (Lipinski definition) is 2. The Labute approximate surface area is 132 Å². The minimum absolute atomic E-state index is 0.176. The van der Waals surface area contributed by atoms with E-state index in [1.807, 2.05) is 32.9 Å². The molecule has 0 radical (unpaired) electrons. The zero-order valence-electron chi connectivity index (χ0n) is 14.1. The number of aromatic nitrogens is 1. The van der Waals surface area contributed by atoms with Crippen LogP contribution >= 0.6 is 0 Å². The maximum absolute atomic E-state index is 11.6. The van der Waals surface area contributed by atoms with E-state index in [-0.39, 0.29) is 12.1 Å². The zero-order valence-corrected chi connectivity index (χ0v) is 14.1. The first-order valence-corrected chi connectivity index (χ1v) is 7.53. The van der Waals surface area contributed by atoms with Crippen molar-refractivity contribution in [3.8, 4) is 5.88 Å². The molecular formula is C16H27N3O3. The van der Waals surface area contributed by atoms with Gasteiger partial charge in [0, 0.05) is 31.4 Å². The van der Waals surface area contributed by atoms with E-state index in [0.717, 1.165) is 12.0 Å². The lowest BCUT2D eigenvalue weighted by Crippen LogP contribution is -2.42. The van der Waals surface area contributed by atoms with Crippen molar-refractivity contribution >= 4 is 6.09 Å². The number of nitrogens with one attached hydrogen (secondary N) is 2. The van der Waals surface area contributed by atoms with Gasteiger partial charge in [0.15, 0.2) is 0 Å². The molecule has 1 rings (SSSR count). The van der Waals surface area contributed by atoms with E-state index in [1.165, 1.54) is 0 Å². The van der Waals surface area contributed by atoms with Gasteiger partial charge in [0.25, 0.3) is 0 Å². The molecule has 0 saturated heterocycles. The molecule has 1 atom stereocenters. The second-order valence-electron chi connectivity index (χ2n) is 6.08. The number of ether oxygens (including phenoxy) is 2. The molecule has 124 valence electrons. The number of carbonyl (C=O) groups excluding carboxylic acids is 1. The second kappa shape index (κ2) is 8.58. The predicted octanol–water partition coefficient (Wildman–Crippen LogP) is 2.48. The highest BCUT2D eigenvalue weighted by Gasteiger charge is 2.16. The van der Waals surface area contributed by atoms with Crippen molar-refractivity contribution < 1.29 is 14.3 Å². The molecule has 6 nitrogen and oxygen atoms in total. The Balaban J connectivity index is 2.36. The summed E-state index contributed by atoms with van der Waals surface area (Å²) in [5, 5.41) is 6.18. The van der Waals surface area contributed by atoms with Crippen molar-refractivity contribution in [3.63, 3.8) is 0 Å². The molecule has 0 bridgehead atoms. The Morgan fingerprint density at radius 2 is 2.09 bits per heavy atom. The van der Waals surface area contributed by atoms with Crippen LogP contribution in [-0.4, -0.2) is 36.4 Å². The Hall–Kier alpha value is -1.82. The van der Waals surface area contributed by atoms with Crippen LogP contribution in [0.2, 0.25) is 0 Å². The number of methoxy groups -OCH3 is 1.